The number of hydrogen-bond donors (Lipinski definition) is 0. The molecule has 0 N–H and O–H groups in total. The Morgan fingerprint density at radius 1 is 0.480 bits per heavy atom. The molecule has 4 aliphatic carbocycles. The molecule has 4 saturated carbocycles. The van der Waals surface area contributed by atoms with E-state index in [9.17, 15) is 5.26 Å². The van der Waals surface area contributed by atoms with E-state index in [4.69, 9.17) is 15.0 Å². The van der Waals surface area contributed by atoms with Crippen molar-refractivity contribution in [2.24, 2.45) is 17.8 Å². The molecule has 0 amide bonds. The summed E-state index contributed by atoms with van der Waals surface area (Å²) in [5, 5.41) is 14.2. The van der Waals surface area contributed by atoms with Gasteiger partial charge >= 0.3 is 0 Å². The summed E-state index contributed by atoms with van der Waals surface area (Å²) in [4.78, 5) is 15.3. The van der Waals surface area contributed by atoms with Gasteiger partial charge in [-0.25, -0.2) is 15.0 Å². The Morgan fingerprint density at radius 2 is 0.980 bits per heavy atom. The van der Waals surface area contributed by atoms with Gasteiger partial charge in [0.15, 0.2) is 17.5 Å². The van der Waals surface area contributed by atoms with Gasteiger partial charge < -0.3 is 0 Å². The summed E-state index contributed by atoms with van der Waals surface area (Å²) in [6.07, 6.45) is 8.51. The van der Waals surface area contributed by atoms with Crippen LogP contribution >= 0.6 is 0 Å². The van der Waals surface area contributed by atoms with Crippen LogP contribution in [0.2, 0.25) is 0 Å². The Bertz CT molecular complexity index is 2380. The molecule has 4 bridgehead atoms. The van der Waals surface area contributed by atoms with Gasteiger partial charge in [0.2, 0.25) is 0 Å². The van der Waals surface area contributed by atoms with Crippen molar-refractivity contribution in [1.29, 1.82) is 5.26 Å². The summed E-state index contributed by atoms with van der Waals surface area (Å²) in [6.45, 7) is 0. The summed E-state index contributed by atoms with van der Waals surface area (Å²) in [5.41, 5.74) is 7.68. The Kier molecular flexibility index (Phi) is 6.71. The van der Waals surface area contributed by atoms with Crippen molar-refractivity contribution in [2.45, 2.75) is 43.9 Å². The highest BCUT2D eigenvalue weighted by Gasteiger charge is 2.51. The van der Waals surface area contributed by atoms with E-state index in [0.29, 0.717) is 28.5 Å². The standard InChI is InChI=1S/C46H36N4/c47-28-29-9-8-12-35(24-29)44-48-43(34-10-2-1-3-11-34)49-45(50-44)42-39-15-6-4-13-37(39)41(38-14-5-7-16-40(38)42)33-17-19-36(20-18-33)46-25-30-21-31(26-46)23-32(22-30)27-46/h1-20,24,30-32H,21-23,25-27H2. The molecule has 1 heterocycles. The predicted molar refractivity (Wildman–Crippen MR) is 201 cm³/mol. The summed E-state index contributed by atoms with van der Waals surface area (Å²) in [7, 11) is 0. The van der Waals surface area contributed by atoms with E-state index in [1.165, 1.54) is 60.4 Å². The SMILES string of the molecule is N#Cc1cccc(-c2nc(-c3ccccc3)nc(-c3c4ccccc4c(-c4ccc(C56CC7CC(CC(C7)C5)C6)cc4)c4ccccc34)n2)c1. The molecule has 0 spiro atoms. The maximum absolute atomic E-state index is 9.66. The molecule has 11 rings (SSSR count). The molecular weight excluding hydrogens is 609 g/mol. The van der Waals surface area contributed by atoms with Gasteiger partial charge in [-0.15, -0.1) is 0 Å². The topological polar surface area (TPSA) is 62.5 Å². The van der Waals surface area contributed by atoms with Crippen LogP contribution in [0.4, 0.5) is 0 Å². The zero-order chi connectivity index (χ0) is 33.2. The number of aromatic nitrogens is 3. The van der Waals surface area contributed by atoms with Crippen molar-refractivity contribution in [3.8, 4) is 51.4 Å². The molecule has 0 saturated heterocycles. The van der Waals surface area contributed by atoms with Crippen LogP contribution in [0.15, 0.2) is 127 Å². The van der Waals surface area contributed by atoms with Crippen molar-refractivity contribution >= 4 is 21.5 Å². The molecule has 4 nitrogen and oxygen atoms in total. The average molecular weight is 645 g/mol. The number of nitrogens with zero attached hydrogens (tertiary/aromatic N) is 4. The van der Waals surface area contributed by atoms with E-state index in [-0.39, 0.29) is 0 Å². The van der Waals surface area contributed by atoms with Crippen LogP contribution in [0.3, 0.4) is 0 Å². The molecule has 0 radical (unpaired) electrons. The van der Waals surface area contributed by atoms with Crippen LogP contribution in [-0.2, 0) is 5.41 Å². The average Bonchev–Trinajstić information content (AvgIpc) is 3.16. The second-order valence-corrected chi connectivity index (χ2v) is 15.0. The number of nitriles is 1. The molecule has 240 valence electrons. The third-order valence-corrected chi connectivity index (χ3v) is 11.9. The molecular formula is C46H36N4. The fourth-order valence-corrected chi connectivity index (χ4v) is 10.2. The van der Waals surface area contributed by atoms with E-state index < -0.39 is 0 Å². The van der Waals surface area contributed by atoms with E-state index in [2.05, 4.69) is 78.9 Å². The van der Waals surface area contributed by atoms with Gasteiger partial charge in [-0.3, -0.25) is 0 Å². The number of fused-ring (bicyclic) bond motifs is 2. The summed E-state index contributed by atoms with van der Waals surface area (Å²) < 4.78 is 0. The van der Waals surface area contributed by atoms with Crippen LogP contribution in [0.1, 0.15) is 49.7 Å². The van der Waals surface area contributed by atoms with Gasteiger partial charge in [-0.2, -0.15) is 5.26 Å². The third kappa shape index (κ3) is 4.76. The van der Waals surface area contributed by atoms with Crippen LogP contribution in [0.25, 0.3) is 66.8 Å². The second-order valence-electron chi connectivity index (χ2n) is 15.0. The molecule has 6 aromatic carbocycles. The van der Waals surface area contributed by atoms with Crippen molar-refractivity contribution in [3.63, 3.8) is 0 Å². The Labute approximate surface area is 292 Å². The van der Waals surface area contributed by atoms with Gasteiger partial charge in [-0.05, 0) is 112 Å². The Morgan fingerprint density at radius 3 is 1.56 bits per heavy atom. The molecule has 4 heteroatoms. The quantitative estimate of drug-likeness (QED) is 0.175. The zero-order valence-electron chi connectivity index (χ0n) is 27.9. The molecule has 0 atom stereocenters. The molecule has 7 aromatic rings. The highest BCUT2D eigenvalue weighted by atomic mass is 15.0. The largest absolute Gasteiger partial charge is 0.208 e. The molecule has 4 fully saturated rings. The van der Waals surface area contributed by atoms with Crippen LogP contribution < -0.4 is 0 Å². The molecule has 4 aliphatic rings. The van der Waals surface area contributed by atoms with E-state index in [1.807, 2.05) is 48.5 Å². The first-order chi connectivity index (χ1) is 24.6. The predicted octanol–water partition coefficient (Wildman–Crippen LogP) is 11.2. The van der Waals surface area contributed by atoms with E-state index in [1.54, 1.807) is 11.6 Å². The summed E-state index contributed by atoms with van der Waals surface area (Å²) in [6, 6.07) is 46.9. The molecule has 0 aliphatic heterocycles. The smallest absolute Gasteiger partial charge is 0.165 e. The first-order valence-corrected chi connectivity index (χ1v) is 18.0. The van der Waals surface area contributed by atoms with Crippen LogP contribution in [0.5, 0.6) is 0 Å². The highest BCUT2D eigenvalue weighted by molar-refractivity contribution is 6.20. The summed E-state index contributed by atoms with van der Waals surface area (Å²) >= 11 is 0. The lowest BCUT2D eigenvalue weighted by atomic mass is 9.48. The van der Waals surface area contributed by atoms with Gasteiger partial charge in [0, 0.05) is 16.7 Å². The van der Waals surface area contributed by atoms with Gasteiger partial charge in [0.05, 0.1) is 11.6 Å². The fourth-order valence-electron chi connectivity index (χ4n) is 10.2. The van der Waals surface area contributed by atoms with Gasteiger partial charge in [0.25, 0.3) is 0 Å². The number of benzene rings is 6. The minimum atomic E-state index is 0.376. The monoisotopic (exact) mass is 644 g/mol. The van der Waals surface area contributed by atoms with E-state index >= 15 is 0 Å². The zero-order valence-corrected chi connectivity index (χ0v) is 27.9. The Hall–Kier alpha value is -5.66. The first-order valence-electron chi connectivity index (χ1n) is 18.0. The fraction of sp³-hybridized carbons (Fsp3) is 0.217. The number of rotatable bonds is 5. The van der Waals surface area contributed by atoms with Gasteiger partial charge in [0.1, 0.15) is 0 Å². The number of hydrogen-bond acceptors (Lipinski definition) is 4. The minimum Gasteiger partial charge on any atom is -0.208 e. The lowest BCUT2D eigenvalue weighted by molar-refractivity contribution is -0.00518. The van der Waals surface area contributed by atoms with Crippen LogP contribution in [-0.4, -0.2) is 15.0 Å². The van der Waals surface area contributed by atoms with Crippen LogP contribution in [0, 0.1) is 29.1 Å². The second kappa shape index (κ2) is 11.5. The summed E-state index contributed by atoms with van der Waals surface area (Å²) in [5.74, 6) is 4.54. The van der Waals surface area contributed by atoms with Crippen molar-refractivity contribution in [2.75, 3.05) is 0 Å². The minimum absolute atomic E-state index is 0.376. The highest BCUT2D eigenvalue weighted by Crippen LogP contribution is 2.61. The normalized spacial score (nSPS) is 22.2. The lowest BCUT2D eigenvalue weighted by Crippen LogP contribution is -2.48. The van der Waals surface area contributed by atoms with Crippen molar-refractivity contribution in [1.82, 2.24) is 15.0 Å². The molecule has 0 unspecified atom stereocenters. The Balaban J connectivity index is 1.17. The maximum Gasteiger partial charge on any atom is 0.165 e. The third-order valence-electron chi connectivity index (χ3n) is 11.9. The lowest BCUT2D eigenvalue weighted by Gasteiger charge is -2.57. The molecule has 50 heavy (non-hydrogen) atoms. The van der Waals surface area contributed by atoms with Crippen molar-refractivity contribution in [3.05, 3.63) is 139 Å². The molecule has 1 aromatic heterocycles. The van der Waals surface area contributed by atoms with Crippen molar-refractivity contribution < 1.29 is 0 Å². The van der Waals surface area contributed by atoms with E-state index in [0.717, 1.165) is 45.2 Å². The first kappa shape index (κ1) is 29.3. The maximum atomic E-state index is 9.66. The van der Waals surface area contributed by atoms with Gasteiger partial charge in [-0.1, -0.05) is 115 Å².